The van der Waals surface area contributed by atoms with Gasteiger partial charge in [-0.2, -0.15) is 13.2 Å². The number of alkyl halides is 3. The largest absolute Gasteiger partial charge is 0.416 e. The number of carbonyl (C=O) groups is 1. The summed E-state index contributed by atoms with van der Waals surface area (Å²) >= 11 is 0. The first-order valence-corrected chi connectivity index (χ1v) is 12.4. The molecule has 2 aromatic carbocycles. The van der Waals surface area contributed by atoms with Crippen molar-refractivity contribution in [3.8, 4) is 11.8 Å². The van der Waals surface area contributed by atoms with Crippen molar-refractivity contribution in [1.29, 1.82) is 0 Å². The van der Waals surface area contributed by atoms with Gasteiger partial charge in [0.05, 0.1) is 11.1 Å². The summed E-state index contributed by atoms with van der Waals surface area (Å²) in [5.41, 5.74) is 0.420. The third-order valence-electron chi connectivity index (χ3n) is 6.56. The van der Waals surface area contributed by atoms with Gasteiger partial charge in [-0.05, 0) is 30.7 Å². The lowest BCUT2D eigenvalue weighted by molar-refractivity contribution is -0.138. The first-order chi connectivity index (χ1) is 18.8. The van der Waals surface area contributed by atoms with Gasteiger partial charge in [0.25, 0.3) is 5.91 Å². The quantitative estimate of drug-likeness (QED) is 0.394. The minimum absolute atomic E-state index is 0.0135. The highest BCUT2D eigenvalue weighted by molar-refractivity contribution is 6.03. The average Bonchev–Trinajstić information content (AvgIpc) is 2.93. The maximum absolute atomic E-state index is 13.9. The van der Waals surface area contributed by atoms with Gasteiger partial charge in [0.15, 0.2) is 0 Å². The molecule has 7 nitrogen and oxygen atoms in total. The normalized spacial score (nSPS) is 14.6. The number of hydrogen-bond donors (Lipinski definition) is 1. The standard InChI is InChI=1S/C29H25F3N6O/c1-37-10-12-38(13-11-37)18-22-7-9-24(14-26(22)29(30,31)32)36-28(39)27-15-23(34-19-35-27)8-6-21-17-33-16-20-4-2-3-5-25(20)21/h2-5,7,9,14-17,19H,10-13,18H2,1H3,(H,36,39). The molecule has 3 heterocycles. The zero-order chi connectivity index (χ0) is 27.4. The van der Waals surface area contributed by atoms with E-state index in [1.165, 1.54) is 24.5 Å². The Morgan fingerprint density at radius 3 is 2.59 bits per heavy atom. The van der Waals surface area contributed by atoms with Crippen molar-refractivity contribution in [2.24, 2.45) is 0 Å². The molecule has 1 aliphatic rings. The molecule has 1 N–H and O–H groups in total. The summed E-state index contributed by atoms with van der Waals surface area (Å²) in [5, 5.41) is 4.40. The number of hydrogen-bond acceptors (Lipinski definition) is 6. The molecule has 0 spiro atoms. The zero-order valence-electron chi connectivity index (χ0n) is 21.2. The summed E-state index contributed by atoms with van der Waals surface area (Å²) < 4.78 is 41.7. The molecule has 10 heteroatoms. The third-order valence-corrected chi connectivity index (χ3v) is 6.56. The van der Waals surface area contributed by atoms with Gasteiger partial charge in [0.2, 0.25) is 0 Å². The van der Waals surface area contributed by atoms with Crippen LogP contribution in [0.5, 0.6) is 0 Å². The number of piperazine rings is 1. The van der Waals surface area contributed by atoms with Gasteiger partial charge in [-0.3, -0.25) is 14.7 Å². The van der Waals surface area contributed by atoms with Crippen LogP contribution < -0.4 is 5.32 Å². The van der Waals surface area contributed by atoms with Crippen molar-refractivity contribution < 1.29 is 18.0 Å². The van der Waals surface area contributed by atoms with Crippen molar-refractivity contribution in [2.75, 3.05) is 38.5 Å². The fourth-order valence-electron chi connectivity index (χ4n) is 4.40. The van der Waals surface area contributed by atoms with Crippen LogP contribution in [0.2, 0.25) is 0 Å². The second-order valence-electron chi connectivity index (χ2n) is 9.35. The summed E-state index contributed by atoms with van der Waals surface area (Å²) in [4.78, 5) is 29.3. The van der Waals surface area contributed by atoms with Crippen molar-refractivity contribution in [3.63, 3.8) is 0 Å². The van der Waals surface area contributed by atoms with E-state index in [0.29, 0.717) is 24.3 Å². The molecule has 0 radical (unpaired) electrons. The van der Waals surface area contributed by atoms with Crippen molar-refractivity contribution in [3.05, 3.63) is 95.3 Å². The van der Waals surface area contributed by atoms with E-state index in [2.05, 4.69) is 37.0 Å². The molecule has 5 rings (SSSR count). The molecule has 0 saturated carbocycles. The van der Waals surface area contributed by atoms with Gasteiger partial charge in [0.1, 0.15) is 17.7 Å². The number of aromatic nitrogens is 3. The molecule has 198 valence electrons. The van der Waals surface area contributed by atoms with Crippen LogP contribution in [-0.4, -0.2) is 63.9 Å². The van der Waals surface area contributed by atoms with Crippen LogP contribution in [0.3, 0.4) is 0 Å². The number of benzene rings is 2. The first-order valence-electron chi connectivity index (χ1n) is 12.4. The van der Waals surface area contributed by atoms with Crippen LogP contribution in [0.15, 0.2) is 67.3 Å². The second-order valence-corrected chi connectivity index (χ2v) is 9.35. The van der Waals surface area contributed by atoms with Crippen LogP contribution in [0.25, 0.3) is 10.8 Å². The second kappa shape index (κ2) is 11.2. The minimum Gasteiger partial charge on any atom is -0.321 e. The number of fused-ring (bicyclic) bond motifs is 1. The number of nitrogens with one attached hydrogen (secondary N) is 1. The lowest BCUT2D eigenvalue weighted by atomic mass is 10.0. The Labute approximate surface area is 223 Å². The molecule has 1 saturated heterocycles. The summed E-state index contributed by atoms with van der Waals surface area (Å²) in [6.45, 7) is 3.20. The molecule has 0 atom stereocenters. The Hall–Kier alpha value is -4.33. The Kier molecular flexibility index (Phi) is 7.54. The van der Waals surface area contributed by atoms with Crippen molar-refractivity contribution in [1.82, 2.24) is 24.8 Å². The maximum atomic E-state index is 13.9. The highest BCUT2D eigenvalue weighted by Crippen LogP contribution is 2.34. The van der Waals surface area contributed by atoms with E-state index in [1.54, 1.807) is 12.4 Å². The van der Waals surface area contributed by atoms with Gasteiger partial charge in [0, 0.05) is 67.6 Å². The summed E-state index contributed by atoms with van der Waals surface area (Å²) in [6.07, 6.45) is 0.0317. The molecule has 0 unspecified atom stereocenters. The average molecular weight is 531 g/mol. The van der Waals surface area contributed by atoms with E-state index in [1.807, 2.05) is 36.2 Å². The van der Waals surface area contributed by atoms with Gasteiger partial charge >= 0.3 is 6.18 Å². The van der Waals surface area contributed by atoms with E-state index >= 15 is 0 Å². The van der Waals surface area contributed by atoms with Crippen molar-refractivity contribution >= 4 is 22.4 Å². The number of anilines is 1. The molecule has 39 heavy (non-hydrogen) atoms. The summed E-state index contributed by atoms with van der Waals surface area (Å²) in [6, 6.07) is 13.0. The van der Waals surface area contributed by atoms with Gasteiger partial charge in [-0.1, -0.05) is 36.3 Å². The zero-order valence-corrected chi connectivity index (χ0v) is 21.2. The van der Waals surface area contributed by atoms with Crippen molar-refractivity contribution in [2.45, 2.75) is 12.7 Å². The molecule has 1 amide bonds. The summed E-state index contributed by atoms with van der Waals surface area (Å²) in [7, 11) is 1.99. The van der Waals surface area contributed by atoms with Crippen LogP contribution in [0, 0.1) is 11.8 Å². The van der Waals surface area contributed by atoms with E-state index in [0.717, 1.165) is 29.9 Å². The maximum Gasteiger partial charge on any atom is 0.416 e. The van der Waals surface area contributed by atoms with E-state index in [4.69, 9.17) is 0 Å². The lowest BCUT2D eigenvalue weighted by Gasteiger charge is -2.33. The van der Waals surface area contributed by atoms with E-state index in [9.17, 15) is 18.0 Å². The molecule has 1 fully saturated rings. The SMILES string of the molecule is CN1CCN(Cc2ccc(NC(=O)c3cc(C#Cc4cncc5ccccc45)ncn3)cc2C(F)(F)F)CC1. The third kappa shape index (κ3) is 6.39. The van der Waals surface area contributed by atoms with Gasteiger partial charge < -0.3 is 10.2 Å². The monoisotopic (exact) mass is 530 g/mol. The van der Waals surface area contributed by atoms with E-state index in [-0.39, 0.29) is 23.5 Å². The predicted octanol–water partition coefficient (Wildman–Crippen LogP) is 4.44. The summed E-state index contributed by atoms with van der Waals surface area (Å²) in [5.74, 6) is 5.27. The van der Waals surface area contributed by atoms with Crippen LogP contribution in [0.1, 0.15) is 32.9 Å². The van der Waals surface area contributed by atoms with Crippen LogP contribution in [0.4, 0.5) is 18.9 Å². The molecule has 2 aromatic heterocycles. The molecule has 1 aliphatic heterocycles. The number of likely N-dealkylation sites (N-methyl/N-ethyl adjacent to an activating group) is 1. The Morgan fingerprint density at radius 2 is 1.79 bits per heavy atom. The minimum atomic E-state index is -4.56. The Morgan fingerprint density at radius 1 is 1.00 bits per heavy atom. The number of halogens is 3. The predicted molar refractivity (Wildman–Crippen MR) is 142 cm³/mol. The smallest absolute Gasteiger partial charge is 0.321 e. The molecular formula is C29H25F3N6O. The fraction of sp³-hybridized carbons (Fsp3) is 0.241. The lowest BCUT2D eigenvalue weighted by Crippen LogP contribution is -2.44. The van der Waals surface area contributed by atoms with Crippen LogP contribution in [-0.2, 0) is 12.7 Å². The van der Waals surface area contributed by atoms with E-state index < -0.39 is 17.6 Å². The molecule has 0 bridgehead atoms. The number of nitrogens with zero attached hydrogens (tertiary/aromatic N) is 5. The first kappa shape index (κ1) is 26.3. The van der Waals surface area contributed by atoms with Crippen LogP contribution >= 0.6 is 0 Å². The number of carbonyl (C=O) groups excluding carboxylic acids is 1. The highest BCUT2D eigenvalue weighted by atomic mass is 19.4. The molecule has 0 aliphatic carbocycles. The Balaban J connectivity index is 1.33. The molecule has 4 aromatic rings. The Bertz CT molecular complexity index is 1560. The highest BCUT2D eigenvalue weighted by Gasteiger charge is 2.34. The van der Waals surface area contributed by atoms with Gasteiger partial charge in [-0.25, -0.2) is 9.97 Å². The fourth-order valence-corrected chi connectivity index (χ4v) is 4.40. The van der Waals surface area contributed by atoms with Gasteiger partial charge in [-0.15, -0.1) is 0 Å². The topological polar surface area (TPSA) is 74.2 Å². The molecular weight excluding hydrogens is 505 g/mol. The number of pyridine rings is 1. The number of amides is 1. The number of rotatable bonds is 4.